The van der Waals surface area contributed by atoms with Crippen LogP contribution in [-0.2, 0) is 0 Å². The molecule has 0 spiro atoms. The zero-order valence-electron chi connectivity index (χ0n) is 10.2. The summed E-state index contributed by atoms with van der Waals surface area (Å²) in [7, 11) is 2.21. The fourth-order valence-electron chi connectivity index (χ4n) is 2.16. The van der Waals surface area contributed by atoms with E-state index in [1.54, 1.807) is 0 Å². The smallest absolute Gasteiger partial charge is 0.0484 e. The van der Waals surface area contributed by atoms with E-state index in [1.165, 1.54) is 12.1 Å². The molecule has 0 saturated carbocycles. The molecule has 0 aromatic heterocycles. The summed E-state index contributed by atoms with van der Waals surface area (Å²) in [6.45, 7) is 4.39. The first-order valence-corrected chi connectivity index (χ1v) is 6.96. The second-order valence-corrected chi connectivity index (χ2v) is 5.39. The molecule has 1 aliphatic heterocycles. The molecule has 1 fully saturated rings. The van der Waals surface area contributed by atoms with Crippen LogP contribution in [0.15, 0.2) is 28.7 Å². The van der Waals surface area contributed by atoms with Gasteiger partial charge in [-0.3, -0.25) is 0 Å². The van der Waals surface area contributed by atoms with Crippen LogP contribution in [0.1, 0.15) is 6.42 Å². The minimum atomic E-state index is 0.652. The summed E-state index contributed by atoms with van der Waals surface area (Å²) in [5.41, 5.74) is 1.18. The molecule has 1 saturated heterocycles. The summed E-state index contributed by atoms with van der Waals surface area (Å²) in [6.07, 6.45) is 1.17. The van der Waals surface area contributed by atoms with Gasteiger partial charge >= 0.3 is 0 Å². The quantitative estimate of drug-likeness (QED) is 0.892. The molecule has 1 atom stereocenters. The van der Waals surface area contributed by atoms with E-state index in [1.807, 2.05) is 6.07 Å². The largest absolute Gasteiger partial charge is 0.384 e. The Morgan fingerprint density at radius 3 is 3.06 bits per heavy atom. The number of nitrogens with one attached hydrogen (secondary N) is 2. The van der Waals surface area contributed by atoms with Crippen molar-refractivity contribution in [3.8, 4) is 0 Å². The summed E-state index contributed by atoms with van der Waals surface area (Å²) in [6, 6.07) is 8.91. The fourth-order valence-corrected chi connectivity index (χ4v) is 2.59. The summed E-state index contributed by atoms with van der Waals surface area (Å²) < 4.78 is 1.13. The molecule has 1 unspecified atom stereocenters. The number of hydrogen-bond donors (Lipinski definition) is 2. The molecule has 0 bridgehead atoms. The highest BCUT2D eigenvalue weighted by atomic mass is 79.9. The van der Waals surface area contributed by atoms with Crippen LogP contribution in [0, 0.1) is 0 Å². The van der Waals surface area contributed by atoms with E-state index in [0.29, 0.717) is 6.04 Å². The molecule has 94 valence electrons. The van der Waals surface area contributed by atoms with Gasteiger partial charge < -0.3 is 15.5 Å². The Hall–Kier alpha value is -0.580. The van der Waals surface area contributed by atoms with Gasteiger partial charge in [0.15, 0.2) is 0 Å². The van der Waals surface area contributed by atoms with Gasteiger partial charge in [0.25, 0.3) is 0 Å². The molecular formula is C13H20BrN3. The Labute approximate surface area is 112 Å². The van der Waals surface area contributed by atoms with Crippen molar-refractivity contribution in [2.45, 2.75) is 12.5 Å². The van der Waals surface area contributed by atoms with Crippen molar-refractivity contribution in [1.29, 1.82) is 0 Å². The van der Waals surface area contributed by atoms with Gasteiger partial charge in [-0.1, -0.05) is 12.1 Å². The summed E-state index contributed by atoms with van der Waals surface area (Å²) in [4.78, 5) is 2.44. The lowest BCUT2D eigenvalue weighted by Gasteiger charge is -2.33. The van der Waals surface area contributed by atoms with Gasteiger partial charge in [-0.25, -0.2) is 0 Å². The highest BCUT2D eigenvalue weighted by Gasteiger charge is 2.17. The number of hydrogen-bond acceptors (Lipinski definition) is 3. The molecule has 0 aliphatic carbocycles. The van der Waals surface area contributed by atoms with E-state index in [4.69, 9.17) is 0 Å². The summed E-state index contributed by atoms with van der Waals surface area (Å²) >= 11 is 3.55. The van der Waals surface area contributed by atoms with E-state index in [2.05, 4.69) is 56.7 Å². The summed E-state index contributed by atoms with van der Waals surface area (Å²) in [5, 5.41) is 6.93. The van der Waals surface area contributed by atoms with Crippen molar-refractivity contribution in [1.82, 2.24) is 10.2 Å². The number of nitrogens with zero attached hydrogens (tertiary/aromatic N) is 1. The Morgan fingerprint density at radius 1 is 1.47 bits per heavy atom. The van der Waals surface area contributed by atoms with Crippen molar-refractivity contribution in [3.05, 3.63) is 28.7 Å². The molecule has 1 heterocycles. The molecule has 2 rings (SSSR count). The van der Waals surface area contributed by atoms with Crippen molar-refractivity contribution in [3.63, 3.8) is 0 Å². The molecule has 1 aromatic rings. The maximum atomic E-state index is 3.55. The highest BCUT2D eigenvalue weighted by Crippen LogP contribution is 2.21. The Kier molecular flexibility index (Phi) is 4.83. The maximum absolute atomic E-state index is 3.55. The number of piperazine rings is 1. The van der Waals surface area contributed by atoms with Gasteiger partial charge in [-0.15, -0.1) is 0 Å². The van der Waals surface area contributed by atoms with E-state index >= 15 is 0 Å². The predicted octanol–water partition coefficient (Wildman–Crippen LogP) is 2.15. The third-order valence-electron chi connectivity index (χ3n) is 3.31. The number of benzene rings is 1. The molecule has 0 amide bonds. The topological polar surface area (TPSA) is 27.3 Å². The van der Waals surface area contributed by atoms with Gasteiger partial charge in [0.2, 0.25) is 0 Å². The highest BCUT2D eigenvalue weighted by molar-refractivity contribution is 9.10. The van der Waals surface area contributed by atoms with Crippen LogP contribution in [0.25, 0.3) is 0 Å². The lowest BCUT2D eigenvalue weighted by Crippen LogP contribution is -2.49. The number of para-hydroxylation sites is 1. The average Bonchev–Trinajstić information content (AvgIpc) is 2.34. The van der Waals surface area contributed by atoms with Crippen LogP contribution in [0.2, 0.25) is 0 Å². The van der Waals surface area contributed by atoms with E-state index < -0.39 is 0 Å². The van der Waals surface area contributed by atoms with Crippen molar-refractivity contribution < 1.29 is 0 Å². The third-order valence-corrected chi connectivity index (χ3v) is 4.00. The van der Waals surface area contributed by atoms with Crippen LogP contribution in [0.5, 0.6) is 0 Å². The first-order chi connectivity index (χ1) is 8.27. The van der Waals surface area contributed by atoms with Crippen molar-refractivity contribution in [2.24, 2.45) is 0 Å². The first kappa shape index (κ1) is 12.9. The van der Waals surface area contributed by atoms with Gasteiger partial charge in [0.05, 0.1) is 0 Å². The Morgan fingerprint density at radius 2 is 2.29 bits per heavy atom. The normalized spacial score (nSPS) is 21.4. The minimum Gasteiger partial charge on any atom is -0.384 e. The number of anilines is 1. The van der Waals surface area contributed by atoms with Crippen LogP contribution in [0.3, 0.4) is 0 Å². The minimum absolute atomic E-state index is 0.652. The molecule has 1 aromatic carbocycles. The Bertz CT molecular complexity index is 356. The Balaban J connectivity index is 1.77. The molecule has 2 N–H and O–H groups in total. The number of rotatable bonds is 4. The van der Waals surface area contributed by atoms with Crippen molar-refractivity contribution >= 4 is 21.6 Å². The lowest BCUT2D eigenvalue weighted by atomic mass is 10.1. The molecule has 3 nitrogen and oxygen atoms in total. The zero-order valence-corrected chi connectivity index (χ0v) is 11.8. The molecular weight excluding hydrogens is 278 g/mol. The average molecular weight is 298 g/mol. The van der Waals surface area contributed by atoms with Crippen molar-refractivity contribution in [2.75, 3.05) is 38.5 Å². The second-order valence-electron chi connectivity index (χ2n) is 4.53. The standard InChI is InChI=1S/C13H20BrN3/c1-17-9-8-15-10-11(17)6-7-16-13-5-3-2-4-12(13)14/h2-5,11,15-16H,6-10H2,1H3. The summed E-state index contributed by atoms with van der Waals surface area (Å²) in [5.74, 6) is 0. The van der Waals surface area contributed by atoms with Gasteiger partial charge in [0.1, 0.15) is 0 Å². The zero-order chi connectivity index (χ0) is 12.1. The van der Waals surface area contributed by atoms with Crippen LogP contribution < -0.4 is 10.6 Å². The van der Waals surface area contributed by atoms with Gasteiger partial charge in [-0.2, -0.15) is 0 Å². The monoisotopic (exact) mass is 297 g/mol. The van der Waals surface area contributed by atoms with Crippen LogP contribution in [0.4, 0.5) is 5.69 Å². The molecule has 0 radical (unpaired) electrons. The molecule has 4 heteroatoms. The number of likely N-dealkylation sites (N-methyl/N-ethyl adjacent to an activating group) is 1. The first-order valence-electron chi connectivity index (χ1n) is 6.17. The lowest BCUT2D eigenvalue weighted by molar-refractivity contribution is 0.194. The number of halogens is 1. The van der Waals surface area contributed by atoms with Gasteiger partial charge in [-0.05, 0) is 41.5 Å². The second kappa shape index (κ2) is 6.38. The van der Waals surface area contributed by atoms with E-state index in [9.17, 15) is 0 Å². The maximum Gasteiger partial charge on any atom is 0.0484 e. The fraction of sp³-hybridized carbons (Fsp3) is 0.538. The molecule has 1 aliphatic rings. The van der Waals surface area contributed by atoms with E-state index in [-0.39, 0.29) is 0 Å². The van der Waals surface area contributed by atoms with Crippen LogP contribution in [-0.4, -0.2) is 44.2 Å². The van der Waals surface area contributed by atoms with Crippen LogP contribution >= 0.6 is 15.9 Å². The SMILES string of the molecule is CN1CCNCC1CCNc1ccccc1Br. The molecule has 17 heavy (non-hydrogen) atoms. The third kappa shape index (κ3) is 3.69. The van der Waals surface area contributed by atoms with E-state index in [0.717, 1.165) is 30.7 Å². The van der Waals surface area contributed by atoms with Gasteiger partial charge in [0, 0.05) is 42.4 Å². The predicted molar refractivity (Wildman–Crippen MR) is 76.5 cm³/mol.